The van der Waals surface area contributed by atoms with E-state index >= 15 is 0 Å². The summed E-state index contributed by atoms with van der Waals surface area (Å²) in [6.07, 6.45) is 4.48. The molecule has 2 aliphatic heterocycles. The first-order valence-electron chi connectivity index (χ1n) is 4.46. The SMILES string of the molecule is I.NC(N)=NC[C@@H]1C[C@@H]2CC[C@H]1O2. The monoisotopic (exact) mass is 297 g/mol. The minimum absolute atomic E-state index is 0. The lowest BCUT2D eigenvalue weighted by atomic mass is 9.89. The van der Waals surface area contributed by atoms with Gasteiger partial charge in [0.25, 0.3) is 0 Å². The maximum Gasteiger partial charge on any atom is 0.185 e. The Balaban J connectivity index is 0.000000845. The van der Waals surface area contributed by atoms with Crippen LogP contribution in [0.3, 0.4) is 0 Å². The quantitative estimate of drug-likeness (QED) is 0.441. The van der Waals surface area contributed by atoms with Gasteiger partial charge in [-0.05, 0) is 19.3 Å². The van der Waals surface area contributed by atoms with Crippen molar-refractivity contribution < 1.29 is 4.74 Å². The second-order valence-electron chi connectivity index (χ2n) is 3.64. The lowest BCUT2D eigenvalue weighted by Gasteiger charge is -2.15. The molecule has 0 spiro atoms. The highest BCUT2D eigenvalue weighted by atomic mass is 127. The summed E-state index contributed by atoms with van der Waals surface area (Å²) < 4.78 is 5.67. The van der Waals surface area contributed by atoms with Crippen LogP contribution in [-0.4, -0.2) is 24.7 Å². The summed E-state index contributed by atoms with van der Waals surface area (Å²) in [6.45, 7) is 0.740. The van der Waals surface area contributed by atoms with Gasteiger partial charge in [-0.1, -0.05) is 0 Å². The third-order valence-corrected chi connectivity index (χ3v) is 2.74. The lowest BCUT2D eigenvalue weighted by molar-refractivity contribution is 0.0937. The summed E-state index contributed by atoms with van der Waals surface area (Å²) >= 11 is 0. The van der Waals surface area contributed by atoms with Crippen molar-refractivity contribution in [2.75, 3.05) is 6.54 Å². The van der Waals surface area contributed by atoms with E-state index in [1.807, 2.05) is 0 Å². The molecule has 3 atom stereocenters. The van der Waals surface area contributed by atoms with Crippen LogP contribution in [0.15, 0.2) is 4.99 Å². The second-order valence-corrected chi connectivity index (χ2v) is 3.64. The van der Waals surface area contributed by atoms with Crippen LogP contribution in [0.25, 0.3) is 0 Å². The van der Waals surface area contributed by atoms with Crippen LogP contribution in [-0.2, 0) is 4.74 Å². The Bertz CT molecular complexity index is 206. The number of aliphatic imine (C=N–C) groups is 1. The van der Waals surface area contributed by atoms with Crippen LogP contribution >= 0.6 is 24.0 Å². The van der Waals surface area contributed by atoms with E-state index in [2.05, 4.69) is 4.99 Å². The molecule has 4 nitrogen and oxygen atoms in total. The summed E-state index contributed by atoms with van der Waals surface area (Å²) in [6, 6.07) is 0. The van der Waals surface area contributed by atoms with Crippen LogP contribution < -0.4 is 11.5 Å². The van der Waals surface area contributed by atoms with Gasteiger partial charge >= 0.3 is 0 Å². The zero-order valence-electron chi connectivity index (χ0n) is 7.48. The third kappa shape index (κ3) is 2.46. The van der Waals surface area contributed by atoms with E-state index in [1.54, 1.807) is 0 Å². The van der Waals surface area contributed by atoms with Crippen molar-refractivity contribution in [3.05, 3.63) is 0 Å². The molecule has 0 aromatic rings. The van der Waals surface area contributed by atoms with E-state index in [-0.39, 0.29) is 29.9 Å². The Hall–Kier alpha value is -0.0400. The van der Waals surface area contributed by atoms with Crippen molar-refractivity contribution in [1.29, 1.82) is 0 Å². The Labute approximate surface area is 95.1 Å². The van der Waals surface area contributed by atoms with Gasteiger partial charge in [-0.15, -0.1) is 24.0 Å². The number of fused-ring (bicyclic) bond motifs is 2. The van der Waals surface area contributed by atoms with Gasteiger partial charge in [0.1, 0.15) is 0 Å². The lowest BCUT2D eigenvalue weighted by Crippen LogP contribution is -2.26. The van der Waals surface area contributed by atoms with Crippen molar-refractivity contribution in [1.82, 2.24) is 0 Å². The Morgan fingerprint density at radius 2 is 2.15 bits per heavy atom. The molecule has 0 amide bonds. The molecule has 2 fully saturated rings. The molecule has 2 aliphatic rings. The van der Waals surface area contributed by atoms with Gasteiger partial charge in [0.05, 0.1) is 12.2 Å². The molecular weight excluding hydrogens is 281 g/mol. The average Bonchev–Trinajstić information content (AvgIpc) is 2.60. The van der Waals surface area contributed by atoms with Crippen molar-refractivity contribution in [2.45, 2.75) is 31.5 Å². The molecule has 76 valence electrons. The summed E-state index contributed by atoms with van der Waals surface area (Å²) in [7, 11) is 0. The molecule has 0 aliphatic carbocycles. The summed E-state index contributed by atoms with van der Waals surface area (Å²) in [5, 5.41) is 0. The summed E-state index contributed by atoms with van der Waals surface area (Å²) in [5.74, 6) is 0.753. The molecule has 0 radical (unpaired) electrons. The number of guanidine groups is 1. The fourth-order valence-electron chi connectivity index (χ4n) is 2.16. The molecule has 13 heavy (non-hydrogen) atoms. The van der Waals surface area contributed by atoms with Crippen LogP contribution in [0.5, 0.6) is 0 Å². The molecule has 4 N–H and O–H groups in total. The van der Waals surface area contributed by atoms with Crippen molar-refractivity contribution in [3.63, 3.8) is 0 Å². The molecule has 0 saturated carbocycles. The van der Waals surface area contributed by atoms with E-state index in [9.17, 15) is 0 Å². The number of rotatable bonds is 2. The Morgan fingerprint density at radius 3 is 2.62 bits per heavy atom. The fourth-order valence-corrected chi connectivity index (χ4v) is 2.16. The maximum absolute atomic E-state index is 5.67. The molecule has 2 saturated heterocycles. The third-order valence-electron chi connectivity index (χ3n) is 2.74. The second kappa shape index (κ2) is 4.45. The Morgan fingerprint density at radius 1 is 1.38 bits per heavy atom. The first kappa shape index (κ1) is 11.0. The zero-order valence-corrected chi connectivity index (χ0v) is 9.81. The highest BCUT2D eigenvalue weighted by Crippen LogP contribution is 2.38. The van der Waals surface area contributed by atoms with Crippen molar-refractivity contribution in [3.8, 4) is 0 Å². The molecule has 2 heterocycles. The largest absolute Gasteiger partial charge is 0.375 e. The molecule has 2 rings (SSSR count). The van der Waals surface area contributed by atoms with Gasteiger partial charge in [-0.2, -0.15) is 0 Å². The van der Waals surface area contributed by atoms with E-state index < -0.39 is 0 Å². The van der Waals surface area contributed by atoms with Gasteiger partial charge in [0, 0.05) is 12.5 Å². The standard InChI is InChI=1S/C8H15N3O.HI/c9-8(10)11-4-5-3-6-1-2-7(5)12-6;/h5-7H,1-4H2,(H4,9,10,11);1H/t5-,6-,7+;/m0./s1. The van der Waals surface area contributed by atoms with Crippen LogP contribution in [0.1, 0.15) is 19.3 Å². The topological polar surface area (TPSA) is 73.6 Å². The minimum atomic E-state index is 0. The number of nitrogens with zero attached hydrogens (tertiary/aromatic N) is 1. The van der Waals surface area contributed by atoms with Gasteiger partial charge in [0.2, 0.25) is 0 Å². The first-order valence-corrected chi connectivity index (χ1v) is 4.46. The first-order chi connectivity index (χ1) is 5.75. The smallest absolute Gasteiger partial charge is 0.185 e. The highest BCUT2D eigenvalue weighted by Gasteiger charge is 2.40. The van der Waals surface area contributed by atoms with Crippen LogP contribution in [0, 0.1) is 5.92 Å². The predicted molar refractivity (Wildman–Crippen MR) is 62.1 cm³/mol. The number of nitrogens with two attached hydrogens (primary N) is 2. The number of ether oxygens (including phenoxy) is 1. The summed E-state index contributed by atoms with van der Waals surface area (Å²) in [5.41, 5.74) is 10.5. The van der Waals surface area contributed by atoms with Gasteiger partial charge in [-0.3, -0.25) is 4.99 Å². The summed E-state index contributed by atoms with van der Waals surface area (Å²) in [4.78, 5) is 4.02. The molecular formula is C8H16IN3O. The minimum Gasteiger partial charge on any atom is -0.375 e. The van der Waals surface area contributed by atoms with Crippen LogP contribution in [0.2, 0.25) is 0 Å². The van der Waals surface area contributed by atoms with Gasteiger partial charge in [-0.25, -0.2) is 0 Å². The van der Waals surface area contributed by atoms with Crippen molar-refractivity contribution >= 4 is 29.9 Å². The van der Waals surface area contributed by atoms with Gasteiger partial charge in [0.15, 0.2) is 5.96 Å². The Kier molecular flexibility index (Phi) is 3.78. The predicted octanol–water partition coefficient (Wildman–Crippen LogP) is 0.445. The molecule has 2 bridgehead atoms. The van der Waals surface area contributed by atoms with E-state index in [0.29, 0.717) is 18.1 Å². The molecule has 5 heteroatoms. The fraction of sp³-hybridized carbons (Fsp3) is 0.875. The average molecular weight is 297 g/mol. The number of hydrogen-bond donors (Lipinski definition) is 2. The normalized spacial score (nSPS) is 35.5. The molecule has 0 aromatic carbocycles. The maximum atomic E-state index is 5.67. The number of halogens is 1. The molecule has 0 aromatic heterocycles. The van der Waals surface area contributed by atoms with E-state index in [0.717, 1.165) is 13.0 Å². The van der Waals surface area contributed by atoms with Crippen molar-refractivity contribution in [2.24, 2.45) is 22.4 Å². The molecule has 0 unspecified atom stereocenters. The van der Waals surface area contributed by atoms with E-state index in [4.69, 9.17) is 16.2 Å². The van der Waals surface area contributed by atoms with E-state index in [1.165, 1.54) is 12.8 Å². The van der Waals surface area contributed by atoms with Crippen LogP contribution in [0.4, 0.5) is 0 Å². The zero-order chi connectivity index (χ0) is 8.55. The highest BCUT2D eigenvalue weighted by molar-refractivity contribution is 14.0. The number of hydrogen-bond acceptors (Lipinski definition) is 2. The van der Waals surface area contributed by atoms with Gasteiger partial charge < -0.3 is 16.2 Å².